The van der Waals surface area contributed by atoms with Crippen LogP contribution in [-0.2, 0) is 0 Å². The molecule has 0 aromatic heterocycles. The van der Waals surface area contributed by atoms with E-state index in [1.54, 1.807) is 19.2 Å². The monoisotopic (exact) mass is 382 g/mol. The maximum atomic E-state index is 12.6. The number of carbonyl (C=O) groups is 1. The summed E-state index contributed by atoms with van der Waals surface area (Å²) in [5, 5.41) is 3.45. The van der Waals surface area contributed by atoms with Crippen LogP contribution in [0.2, 0.25) is 5.02 Å². The molecular formula is C20H31ClN2O3. The normalized spacial score (nSPS) is 19.0. The average molecular weight is 383 g/mol. The van der Waals surface area contributed by atoms with Gasteiger partial charge in [0, 0.05) is 24.7 Å². The number of nitrogens with zero attached hydrogens (tertiary/aromatic N) is 1. The third-order valence-electron chi connectivity index (χ3n) is 4.59. The molecule has 2 unspecified atom stereocenters. The van der Waals surface area contributed by atoms with Gasteiger partial charge in [0.15, 0.2) is 11.5 Å². The molecule has 1 amide bonds. The fourth-order valence-electron chi connectivity index (χ4n) is 3.39. The third kappa shape index (κ3) is 5.78. The number of methoxy groups -OCH3 is 1. The second-order valence-electron chi connectivity index (χ2n) is 7.22. The van der Waals surface area contributed by atoms with Crippen molar-refractivity contribution in [3.8, 4) is 11.5 Å². The van der Waals surface area contributed by atoms with E-state index in [0.717, 1.165) is 32.0 Å². The number of halogens is 1. The van der Waals surface area contributed by atoms with E-state index in [2.05, 4.69) is 17.1 Å². The molecule has 146 valence electrons. The van der Waals surface area contributed by atoms with E-state index in [1.165, 1.54) is 12.8 Å². The van der Waals surface area contributed by atoms with Crippen molar-refractivity contribution < 1.29 is 14.3 Å². The minimum absolute atomic E-state index is 0.0635. The van der Waals surface area contributed by atoms with Gasteiger partial charge >= 0.3 is 0 Å². The fraction of sp³-hybridized carbons (Fsp3) is 0.650. The van der Waals surface area contributed by atoms with E-state index >= 15 is 0 Å². The number of benzene rings is 1. The number of amides is 1. The Labute approximate surface area is 162 Å². The highest BCUT2D eigenvalue weighted by Crippen LogP contribution is 2.36. The number of nitrogens with one attached hydrogen (secondary N) is 1. The highest BCUT2D eigenvalue weighted by Gasteiger charge is 2.20. The number of hydrogen-bond acceptors (Lipinski definition) is 4. The van der Waals surface area contributed by atoms with Gasteiger partial charge < -0.3 is 19.7 Å². The molecule has 2 rings (SSSR count). The van der Waals surface area contributed by atoms with Gasteiger partial charge in [-0.2, -0.15) is 0 Å². The molecule has 1 fully saturated rings. The Balaban J connectivity index is 2.00. The minimum atomic E-state index is -0.148. The largest absolute Gasteiger partial charge is 0.493 e. The van der Waals surface area contributed by atoms with E-state index in [9.17, 15) is 4.79 Å². The first-order chi connectivity index (χ1) is 12.4. The van der Waals surface area contributed by atoms with Gasteiger partial charge in [-0.3, -0.25) is 4.79 Å². The van der Waals surface area contributed by atoms with Crippen LogP contribution in [0.15, 0.2) is 12.1 Å². The molecule has 0 spiro atoms. The molecule has 5 nitrogen and oxygen atoms in total. The summed E-state index contributed by atoms with van der Waals surface area (Å²) < 4.78 is 11.0. The lowest BCUT2D eigenvalue weighted by Crippen LogP contribution is -2.45. The predicted molar refractivity (Wildman–Crippen MR) is 106 cm³/mol. The second kappa shape index (κ2) is 10.0. The molecule has 26 heavy (non-hydrogen) atoms. The topological polar surface area (TPSA) is 50.8 Å². The van der Waals surface area contributed by atoms with Crippen LogP contribution in [0.3, 0.4) is 0 Å². The molecule has 0 saturated carbocycles. The summed E-state index contributed by atoms with van der Waals surface area (Å²) in [6, 6.07) is 3.38. The number of likely N-dealkylation sites (tertiary alicyclic amines) is 1. The Morgan fingerprint density at radius 3 is 2.88 bits per heavy atom. The van der Waals surface area contributed by atoms with Gasteiger partial charge in [0.1, 0.15) is 0 Å². The van der Waals surface area contributed by atoms with E-state index in [1.807, 2.05) is 13.8 Å². The van der Waals surface area contributed by atoms with Crippen molar-refractivity contribution in [1.29, 1.82) is 0 Å². The van der Waals surface area contributed by atoms with Crippen molar-refractivity contribution in [3.05, 3.63) is 22.7 Å². The lowest BCUT2D eigenvalue weighted by Gasteiger charge is -2.32. The Bertz CT molecular complexity index is 609. The number of rotatable bonds is 8. The smallest absolute Gasteiger partial charge is 0.251 e. The van der Waals surface area contributed by atoms with Crippen molar-refractivity contribution in [3.63, 3.8) is 0 Å². The second-order valence-corrected chi connectivity index (χ2v) is 7.63. The molecule has 2 atom stereocenters. The van der Waals surface area contributed by atoms with Crippen LogP contribution in [0, 0.1) is 5.92 Å². The zero-order chi connectivity index (χ0) is 19.1. The van der Waals surface area contributed by atoms with Gasteiger partial charge in [0.25, 0.3) is 5.91 Å². The quantitative estimate of drug-likeness (QED) is 0.738. The number of hydrogen-bond donors (Lipinski definition) is 1. The molecule has 0 aliphatic carbocycles. The zero-order valence-corrected chi connectivity index (χ0v) is 17.1. The molecule has 1 aromatic carbocycles. The maximum Gasteiger partial charge on any atom is 0.251 e. The first-order valence-corrected chi connectivity index (χ1v) is 9.85. The fourth-order valence-corrected chi connectivity index (χ4v) is 3.65. The van der Waals surface area contributed by atoms with Crippen LogP contribution < -0.4 is 14.8 Å². The zero-order valence-electron chi connectivity index (χ0n) is 16.3. The molecule has 1 heterocycles. The van der Waals surface area contributed by atoms with Gasteiger partial charge in [-0.25, -0.2) is 0 Å². The SMILES string of the molecule is CCCOc1c(Cl)cc(C(=O)NC(C)CN2CCCC(C)C2)cc1OC. The van der Waals surface area contributed by atoms with Crippen LogP contribution in [-0.4, -0.2) is 50.2 Å². The molecule has 6 heteroatoms. The van der Waals surface area contributed by atoms with Gasteiger partial charge in [0.2, 0.25) is 0 Å². The molecule has 1 aromatic rings. The maximum absolute atomic E-state index is 12.6. The predicted octanol–water partition coefficient (Wildman–Crippen LogP) is 3.99. The van der Waals surface area contributed by atoms with Crippen LogP contribution in [0.1, 0.15) is 50.4 Å². The molecule has 1 saturated heterocycles. The summed E-state index contributed by atoms with van der Waals surface area (Å²) in [6.45, 7) is 9.95. The third-order valence-corrected chi connectivity index (χ3v) is 4.87. The Morgan fingerprint density at radius 1 is 1.46 bits per heavy atom. The molecule has 1 aliphatic rings. The molecule has 0 radical (unpaired) electrons. The lowest BCUT2D eigenvalue weighted by molar-refractivity contribution is 0.0919. The van der Waals surface area contributed by atoms with Gasteiger partial charge in [-0.1, -0.05) is 25.4 Å². The minimum Gasteiger partial charge on any atom is -0.493 e. The Morgan fingerprint density at radius 2 is 2.23 bits per heavy atom. The van der Waals surface area contributed by atoms with Gasteiger partial charge in [-0.05, 0) is 50.8 Å². The summed E-state index contributed by atoms with van der Waals surface area (Å²) in [7, 11) is 1.55. The lowest BCUT2D eigenvalue weighted by atomic mass is 10.00. The van der Waals surface area contributed by atoms with Crippen molar-refractivity contribution in [2.24, 2.45) is 5.92 Å². The molecule has 0 bridgehead atoms. The van der Waals surface area contributed by atoms with E-state index in [4.69, 9.17) is 21.1 Å². The molecule has 1 N–H and O–H groups in total. The summed E-state index contributed by atoms with van der Waals surface area (Å²) in [6.07, 6.45) is 3.39. The molecule has 1 aliphatic heterocycles. The highest BCUT2D eigenvalue weighted by molar-refractivity contribution is 6.32. The Hall–Kier alpha value is -1.46. The first kappa shape index (κ1) is 20.8. The summed E-state index contributed by atoms with van der Waals surface area (Å²) in [5.74, 6) is 1.55. The standard InChI is InChI=1S/C20H31ClN2O3/c1-5-9-26-19-17(21)10-16(11-18(19)25-4)20(24)22-15(3)13-23-8-6-7-14(2)12-23/h10-11,14-15H,5-9,12-13H2,1-4H3,(H,22,24). The van der Waals surface area contributed by atoms with Crippen LogP contribution in [0.5, 0.6) is 11.5 Å². The highest BCUT2D eigenvalue weighted by atomic mass is 35.5. The number of piperidine rings is 1. The van der Waals surface area contributed by atoms with Crippen LogP contribution in [0.4, 0.5) is 0 Å². The number of carbonyl (C=O) groups excluding carboxylic acids is 1. The summed E-state index contributed by atoms with van der Waals surface area (Å²) in [4.78, 5) is 15.0. The average Bonchev–Trinajstić information content (AvgIpc) is 2.59. The van der Waals surface area contributed by atoms with Crippen molar-refractivity contribution in [2.75, 3.05) is 33.4 Å². The summed E-state index contributed by atoms with van der Waals surface area (Å²) in [5.41, 5.74) is 0.481. The van der Waals surface area contributed by atoms with E-state index in [-0.39, 0.29) is 11.9 Å². The summed E-state index contributed by atoms with van der Waals surface area (Å²) >= 11 is 6.31. The van der Waals surface area contributed by atoms with Crippen molar-refractivity contribution in [2.45, 2.75) is 46.1 Å². The van der Waals surface area contributed by atoms with Crippen molar-refractivity contribution >= 4 is 17.5 Å². The van der Waals surface area contributed by atoms with Crippen molar-refractivity contribution in [1.82, 2.24) is 10.2 Å². The first-order valence-electron chi connectivity index (χ1n) is 9.48. The van der Waals surface area contributed by atoms with E-state index < -0.39 is 0 Å². The number of ether oxygens (including phenoxy) is 2. The Kier molecular flexibility index (Phi) is 8.04. The van der Waals surface area contributed by atoms with Gasteiger partial charge in [-0.15, -0.1) is 0 Å². The molecular weight excluding hydrogens is 352 g/mol. The van der Waals surface area contributed by atoms with E-state index in [0.29, 0.717) is 28.7 Å². The van der Waals surface area contributed by atoms with Crippen LogP contribution in [0.25, 0.3) is 0 Å². The van der Waals surface area contributed by atoms with Gasteiger partial charge in [0.05, 0.1) is 18.7 Å². The van der Waals surface area contributed by atoms with Crippen LogP contribution >= 0.6 is 11.6 Å².